The van der Waals surface area contributed by atoms with Crippen LogP contribution in [0.3, 0.4) is 0 Å². The summed E-state index contributed by atoms with van der Waals surface area (Å²) in [6.07, 6.45) is 3.81. The quantitative estimate of drug-likeness (QED) is 0.378. The number of nitrogens with two attached hydrogens (primary N) is 1. The largest absolute Gasteiger partial charge is 0.420 e. The van der Waals surface area contributed by atoms with Gasteiger partial charge in [0.25, 0.3) is 5.91 Å². The third-order valence-electron chi connectivity index (χ3n) is 7.87. The molecule has 2 aliphatic rings. The number of aryl methyl sites for hydroxylation is 1. The van der Waals surface area contributed by atoms with Crippen LogP contribution in [0.4, 0.5) is 16.2 Å². The van der Waals surface area contributed by atoms with Crippen LogP contribution in [-0.2, 0) is 4.79 Å². The molecular formula is C32H36N4O4. The summed E-state index contributed by atoms with van der Waals surface area (Å²) in [6, 6.07) is 21.0. The number of carbonyl (C=O) groups is 3. The number of benzene rings is 3. The van der Waals surface area contributed by atoms with Crippen molar-refractivity contribution in [1.82, 2.24) is 5.32 Å². The maximum atomic E-state index is 13.7. The SMILES string of the molecule is Cc1ccc(C2CC(=O)Nc3cc(C(=O)NCC4CCCC(CN)C4)ccc3N2C(=O)Oc2ccccc2)cc1. The number of ether oxygens (including phenoxy) is 1. The van der Waals surface area contributed by atoms with Crippen LogP contribution in [0.5, 0.6) is 5.75 Å². The van der Waals surface area contributed by atoms with E-state index in [4.69, 9.17) is 10.5 Å². The van der Waals surface area contributed by atoms with Crippen LogP contribution >= 0.6 is 0 Å². The Labute approximate surface area is 234 Å². The van der Waals surface area contributed by atoms with Crippen LogP contribution < -0.4 is 26.0 Å². The minimum Gasteiger partial charge on any atom is -0.410 e. The van der Waals surface area contributed by atoms with Gasteiger partial charge in [-0.25, -0.2) is 4.79 Å². The lowest BCUT2D eigenvalue weighted by molar-refractivity contribution is -0.116. The highest BCUT2D eigenvalue weighted by Gasteiger charge is 2.35. The standard InChI is InChI=1S/C32H36N4O4/c1-21-10-12-24(13-11-21)29-18-30(37)35-27-17-25(31(38)34-20-23-7-5-6-22(16-23)19-33)14-15-28(27)36(29)32(39)40-26-8-3-2-4-9-26/h2-4,8-15,17,22-23,29H,5-7,16,18-20,33H2,1H3,(H,34,38)(H,35,37). The molecule has 0 radical (unpaired) electrons. The summed E-state index contributed by atoms with van der Waals surface area (Å²) in [4.78, 5) is 41.4. The van der Waals surface area contributed by atoms with E-state index in [1.165, 1.54) is 4.90 Å². The Morgan fingerprint density at radius 3 is 2.52 bits per heavy atom. The molecule has 3 amide bonds. The number of fused-ring (bicyclic) bond motifs is 1. The zero-order valence-electron chi connectivity index (χ0n) is 22.8. The minimum absolute atomic E-state index is 0.0349. The van der Waals surface area contributed by atoms with E-state index < -0.39 is 12.1 Å². The fraction of sp³-hybridized carbons (Fsp3) is 0.344. The molecule has 1 aliphatic heterocycles. The van der Waals surface area contributed by atoms with Gasteiger partial charge < -0.3 is 21.1 Å². The molecule has 4 N–H and O–H groups in total. The van der Waals surface area contributed by atoms with Crippen molar-refractivity contribution in [3.05, 3.63) is 89.5 Å². The Morgan fingerprint density at radius 1 is 1.02 bits per heavy atom. The van der Waals surface area contributed by atoms with Crippen LogP contribution in [0.15, 0.2) is 72.8 Å². The highest BCUT2D eigenvalue weighted by molar-refractivity contribution is 6.05. The second-order valence-corrected chi connectivity index (χ2v) is 10.8. The first-order valence-corrected chi connectivity index (χ1v) is 14.0. The Bertz CT molecular complexity index is 1360. The lowest BCUT2D eigenvalue weighted by Gasteiger charge is -2.30. The van der Waals surface area contributed by atoms with Crippen molar-refractivity contribution in [3.8, 4) is 5.75 Å². The molecule has 5 rings (SSSR count). The predicted molar refractivity (Wildman–Crippen MR) is 155 cm³/mol. The Hall–Kier alpha value is -4.17. The first-order valence-electron chi connectivity index (χ1n) is 14.0. The summed E-state index contributed by atoms with van der Waals surface area (Å²) in [5.41, 5.74) is 9.02. The van der Waals surface area contributed by atoms with Gasteiger partial charge in [0.15, 0.2) is 0 Å². The number of hydrogen-bond donors (Lipinski definition) is 3. The van der Waals surface area contributed by atoms with Gasteiger partial charge in [-0.05, 0) is 80.5 Å². The third kappa shape index (κ3) is 6.34. The summed E-state index contributed by atoms with van der Waals surface area (Å²) in [5, 5.41) is 5.97. The third-order valence-corrected chi connectivity index (χ3v) is 7.87. The van der Waals surface area contributed by atoms with Crippen molar-refractivity contribution in [3.63, 3.8) is 0 Å². The summed E-state index contributed by atoms with van der Waals surface area (Å²) in [6.45, 7) is 3.25. The van der Waals surface area contributed by atoms with Gasteiger partial charge in [-0.3, -0.25) is 14.5 Å². The summed E-state index contributed by atoms with van der Waals surface area (Å²) in [5.74, 6) is 0.849. The first kappa shape index (κ1) is 27.4. The number of para-hydroxylation sites is 1. The van der Waals surface area contributed by atoms with Crippen molar-refractivity contribution in [2.45, 2.75) is 45.1 Å². The topological polar surface area (TPSA) is 114 Å². The van der Waals surface area contributed by atoms with Gasteiger partial charge >= 0.3 is 6.09 Å². The van der Waals surface area contributed by atoms with Crippen molar-refractivity contribution < 1.29 is 19.1 Å². The highest BCUT2D eigenvalue weighted by atomic mass is 16.6. The smallest absolute Gasteiger partial charge is 0.410 e. The second-order valence-electron chi connectivity index (χ2n) is 10.8. The molecule has 8 nitrogen and oxygen atoms in total. The molecule has 3 atom stereocenters. The monoisotopic (exact) mass is 540 g/mol. The van der Waals surface area contributed by atoms with Gasteiger partial charge in [0.2, 0.25) is 5.91 Å². The van der Waals surface area contributed by atoms with E-state index in [-0.39, 0.29) is 18.2 Å². The maximum absolute atomic E-state index is 13.7. The first-order chi connectivity index (χ1) is 19.4. The van der Waals surface area contributed by atoms with E-state index in [0.717, 1.165) is 36.8 Å². The van der Waals surface area contributed by atoms with Crippen LogP contribution in [-0.4, -0.2) is 31.0 Å². The molecule has 3 aromatic rings. The lowest BCUT2D eigenvalue weighted by Crippen LogP contribution is -2.37. The minimum atomic E-state index is -0.613. The van der Waals surface area contributed by atoms with Gasteiger partial charge in [-0.15, -0.1) is 0 Å². The number of carbonyl (C=O) groups excluding carboxylic acids is 3. The Kier molecular flexibility index (Phi) is 8.45. The number of nitrogens with one attached hydrogen (secondary N) is 2. The van der Waals surface area contributed by atoms with E-state index in [1.807, 2.05) is 37.3 Å². The van der Waals surface area contributed by atoms with Gasteiger partial charge in [-0.1, -0.05) is 54.4 Å². The van der Waals surface area contributed by atoms with Crippen LogP contribution in [0.1, 0.15) is 59.6 Å². The predicted octanol–water partition coefficient (Wildman–Crippen LogP) is 5.58. The molecule has 0 bridgehead atoms. The fourth-order valence-corrected chi connectivity index (χ4v) is 5.68. The van der Waals surface area contributed by atoms with E-state index in [2.05, 4.69) is 10.6 Å². The molecule has 1 heterocycles. The van der Waals surface area contributed by atoms with E-state index in [1.54, 1.807) is 42.5 Å². The molecule has 40 heavy (non-hydrogen) atoms. The number of hydrogen-bond acceptors (Lipinski definition) is 5. The lowest BCUT2D eigenvalue weighted by atomic mass is 9.81. The Morgan fingerprint density at radius 2 is 1.77 bits per heavy atom. The molecule has 1 saturated carbocycles. The fourth-order valence-electron chi connectivity index (χ4n) is 5.68. The number of rotatable bonds is 6. The molecule has 0 spiro atoms. The summed E-state index contributed by atoms with van der Waals surface area (Å²) >= 11 is 0. The average molecular weight is 541 g/mol. The molecule has 3 aromatic carbocycles. The van der Waals surface area contributed by atoms with Gasteiger partial charge in [0, 0.05) is 12.1 Å². The van der Waals surface area contributed by atoms with Crippen LogP contribution in [0.2, 0.25) is 0 Å². The second kappa shape index (κ2) is 12.3. The van der Waals surface area contributed by atoms with E-state index in [0.29, 0.717) is 47.6 Å². The zero-order chi connectivity index (χ0) is 28.1. The molecular weight excluding hydrogens is 504 g/mol. The number of anilines is 2. The molecule has 1 fully saturated rings. The number of nitrogens with zero attached hydrogens (tertiary/aromatic N) is 1. The van der Waals surface area contributed by atoms with Crippen molar-refractivity contribution in [1.29, 1.82) is 0 Å². The molecule has 8 heteroatoms. The normalized spacial score (nSPS) is 20.6. The zero-order valence-corrected chi connectivity index (χ0v) is 22.8. The molecule has 0 aromatic heterocycles. The van der Waals surface area contributed by atoms with Crippen molar-refractivity contribution in [2.75, 3.05) is 23.3 Å². The van der Waals surface area contributed by atoms with Crippen molar-refractivity contribution in [2.24, 2.45) is 17.6 Å². The van der Waals surface area contributed by atoms with E-state index >= 15 is 0 Å². The Balaban J connectivity index is 1.43. The number of amides is 3. The van der Waals surface area contributed by atoms with Gasteiger partial charge in [0.1, 0.15) is 5.75 Å². The molecule has 3 unspecified atom stereocenters. The molecule has 0 saturated heterocycles. The van der Waals surface area contributed by atoms with Crippen molar-refractivity contribution >= 4 is 29.3 Å². The van der Waals surface area contributed by atoms with Crippen LogP contribution in [0.25, 0.3) is 0 Å². The summed E-state index contributed by atoms with van der Waals surface area (Å²) in [7, 11) is 0. The summed E-state index contributed by atoms with van der Waals surface area (Å²) < 4.78 is 5.74. The van der Waals surface area contributed by atoms with Gasteiger partial charge in [-0.2, -0.15) is 0 Å². The van der Waals surface area contributed by atoms with Crippen LogP contribution in [0, 0.1) is 18.8 Å². The highest BCUT2D eigenvalue weighted by Crippen LogP contribution is 2.39. The average Bonchev–Trinajstić information content (AvgIpc) is 3.12. The maximum Gasteiger partial charge on any atom is 0.420 e. The molecule has 208 valence electrons. The molecule has 1 aliphatic carbocycles. The van der Waals surface area contributed by atoms with Gasteiger partial charge in [0.05, 0.1) is 23.8 Å². The van der Waals surface area contributed by atoms with E-state index in [9.17, 15) is 14.4 Å².